The number of esters is 2. The first-order valence-corrected chi connectivity index (χ1v) is 10.1. The molecule has 0 spiro atoms. The maximum absolute atomic E-state index is 11.9. The van der Waals surface area contributed by atoms with Crippen LogP contribution in [0.3, 0.4) is 0 Å². The molecular formula is C24H26O6. The fourth-order valence-corrected chi connectivity index (χ4v) is 3.48. The number of hydrogen-bond acceptors (Lipinski definition) is 6. The van der Waals surface area contributed by atoms with Crippen molar-refractivity contribution in [1.29, 1.82) is 0 Å². The molecule has 0 atom stereocenters. The second-order valence-electron chi connectivity index (χ2n) is 6.58. The van der Waals surface area contributed by atoms with Gasteiger partial charge in [-0.3, -0.25) is 0 Å². The van der Waals surface area contributed by atoms with E-state index in [2.05, 4.69) is 6.92 Å². The highest BCUT2D eigenvalue weighted by atomic mass is 16.6. The van der Waals surface area contributed by atoms with Gasteiger partial charge in [-0.2, -0.15) is 0 Å². The first-order chi connectivity index (χ1) is 14.6. The van der Waals surface area contributed by atoms with Gasteiger partial charge in [0.1, 0.15) is 11.5 Å². The average Bonchev–Trinajstić information content (AvgIpc) is 2.76. The molecule has 3 rings (SSSR count). The van der Waals surface area contributed by atoms with E-state index in [-0.39, 0.29) is 13.2 Å². The molecule has 6 nitrogen and oxygen atoms in total. The maximum Gasteiger partial charge on any atom is 0.344 e. The lowest BCUT2D eigenvalue weighted by Gasteiger charge is -2.19. The van der Waals surface area contributed by atoms with Gasteiger partial charge in [-0.15, -0.1) is 0 Å². The number of rotatable bonds is 9. The Kier molecular flexibility index (Phi) is 7.12. The predicted molar refractivity (Wildman–Crippen MR) is 115 cm³/mol. The SMILES string of the molecule is CCOC(=O)COc1c2ccccc2c(OCC(=O)OCC)c2c(CC)cccc12. The normalized spacial score (nSPS) is 10.8. The van der Waals surface area contributed by atoms with Crippen LogP contribution in [-0.2, 0) is 25.5 Å². The summed E-state index contributed by atoms with van der Waals surface area (Å²) < 4.78 is 22.0. The third kappa shape index (κ3) is 4.48. The Balaban J connectivity index is 2.18. The van der Waals surface area contributed by atoms with Crippen LogP contribution in [0.4, 0.5) is 0 Å². The molecule has 6 heteroatoms. The molecular weight excluding hydrogens is 384 g/mol. The average molecular weight is 410 g/mol. The molecule has 0 aromatic heterocycles. The van der Waals surface area contributed by atoms with Crippen LogP contribution in [-0.4, -0.2) is 38.4 Å². The maximum atomic E-state index is 11.9. The molecule has 30 heavy (non-hydrogen) atoms. The summed E-state index contributed by atoms with van der Waals surface area (Å²) in [6, 6.07) is 13.5. The second kappa shape index (κ2) is 9.96. The smallest absolute Gasteiger partial charge is 0.344 e. The Morgan fingerprint density at radius 3 is 1.80 bits per heavy atom. The summed E-state index contributed by atoms with van der Waals surface area (Å²) in [5.41, 5.74) is 1.05. The molecule has 0 saturated carbocycles. The Hall–Kier alpha value is -3.28. The summed E-state index contributed by atoms with van der Waals surface area (Å²) >= 11 is 0. The van der Waals surface area contributed by atoms with E-state index in [1.54, 1.807) is 13.8 Å². The topological polar surface area (TPSA) is 71.1 Å². The number of carbonyl (C=O) groups is 2. The van der Waals surface area contributed by atoms with E-state index in [1.165, 1.54) is 0 Å². The van der Waals surface area contributed by atoms with Gasteiger partial charge in [0.25, 0.3) is 0 Å². The van der Waals surface area contributed by atoms with Crippen molar-refractivity contribution >= 4 is 33.5 Å². The Labute approximate surface area is 175 Å². The molecule has 0 radical (unpaired) electrons. The van der Waals surface area contributed by atoms with Gasteiger partial charge in [0.05, 0.1) is 13.2 Å². The van der Waals surface area contributed by atoms with E-state index in [0.29, 0.717) is 24.7 Å². The van der Waals surface area contributed by atoms with Crippen molar-refractivity contribution in [2.45, 2.75) is 27.2 Å². The first-order valence-electron chi connectivity index (χ1n) is 10.1. The minimum Gasteiger partial charge on any atom is -0.481 e. The third-order valence-corrected chi connectivity index (χ3v) is 4.70. The van der Waals surface area contributed by atoms with Crippen LogP contribution in [0.15, 0.2) is 42.5 Å². The molecule has 3 aromatic carbocycles. The monoisotopic (exact) mass is 410 g/mol. The summed E-state index contributed by atoms with van der Waals surface area (Å²) in [4.78, 5) is 23.8. The van der Waals surface area contributed by atoms with Crippen molar-refractivity contribution in [3.63, 3.8) is 0 Å². The Morgan fingerprint density at radius 1 is 0.700 bits per heavy atom. The highest BCUT2D eigenvalue weighted by Gasteiger charge is 2.20. The predicted octanol–water partition coefficient (Wildman–Crippen LogP) is 4.44. The summed E-state index contributed by atoms with van der Waals surface area (Å²) in [6.07, 6.45) is 0.767. The van der Waals surface area contributed by atoms with E-state index < -0.39 is 11.9 Å². The third-order valence-electron chi connectivity index (χ3n) is 4.70. The lowest BCUT2D eigenvalue weighted by atomic mass is 9.96. The van der Waals surface area contributed by atoms with Gasteiger partial charge in [0, 0.05) is 21.5 Å². The molecule has 0 heterocycles. The van der Waals surface area contributed by atoms with Crippen LogP contribution in [0.2, 0.25) is 0 Å². The van der Waals surface area contributed by atoms with Gasteiger partial charge >= 0.3 is 11.9 Å². The van der Waals surface area contributed by atoms with Gasteiger partial charge in [0.2, 0.25) is 0 Å². The van der Waals surface area contributed by atoms with Gasteiger partial charge < -0.3 is 18.9 Å². The van der Waals surface area contributed by atoms with E-state index >= 15 is 0 Å². The molecule has 3 aromatic rings. The zero-order valence-corrected chi connectivity index (χ0v) is 17.5. The molecule has 0 fully saturated rings. The summed E-state index contributed by atoms with van der Waals surface area (Å²) in [5.74, 6) is 0.345. The molecule has 0 saturated heterocycles. The molecule has 0 bridgehead atoms. The standard InChI is InChI=1S/C24H26O6/c1-4-16-10-9-13-19-22(16)24(30-15-21(26)28-6-3)18-12-8-7-11-17(18)23(19)29-14-20(25)27-5-2/h7-13H,4-6,14-15H2,1-3H3. The lowest BCUT2D eigenvalue weighted by Crippen LogP contribution is -2.16. The Morgan fingerprint density at radius 2 is 1.23 bits per heavy atom. The number of ether oxygens (including phenoxy) is 4. The van der Waals surface area contributed by atoms with Crippen molar-refractivity contribution in [3.8, 4) is 11.5 Å². The zero-order valence-electron chi connectivity index (χ0n) is 17.5. The number of carbonyl (C=O) groups excluding carboxylic acids is 2. The largest absolute Gasteiger partial charge is 0.481 e. The van der Waals surface area contributed by atoms with Crippen LogP contribution in [0, 0.1) is 0 Å². The van der Waals surface area contributed by atoms with Crippen molar-refractivity contribution in [1.82, 2.24) is 0 Å². The number of aryl methyl sites for hydroxylation is 1. The van der Waals surface area contributed by atoms with Crippen molar-refractivity contribution in [2.24, 2.45) is 0 Å². The molecule has 0 amide bonds. The minimum absolute atomic E-state index is 0.186. The fraction of sp³-hybridized carbons (Fsp3) is 0.333. The molecule has 0 aliphatic heterocycles. The van der Waals surface area contributed by atoms with Gasteiger partial charge in [-0.05, 0) is 25.8 Å². The first kappa shape index (κ1) is 21.4. The summed E-state index contributed by atoms with van der Waals surface area (Å²) in [7, 11) is 0. The molecule has 158 valence electrons. The zero-order chi connectivity index (χ0) is 21.5. The van der Waals surface area contributed by atoms with Crippen LogP contribution in [0.1, 0.15) is 26.3 Å². The summed E-state index contributed by atoms with van der Waals surface area (Å²) in [5, 5.41) is 3.27. The fourth-order valence-electron chi connectivity index (χ4n) is 3.48. The van der Waals surface area contributed by atoms with Gasteiger partial charge in [-0.25, -0.2) is 9.59 Å². The van der Waals surface area contributed by atoms with Crippen LogP contribution < -0.4 is 9.47 Å². The van der Waals surface area contributed by atoms with Crippen LogP contribution in [0.25, 0.3) is 21.5 Å². The van der Waals surface area contributed by atoms with Gasteiger partial charge in [0.15, 0.2) is 13.2 Å². The lowest BCUT2D eigenvalue weighted by molar-refractivity contribution is -0.146. The van der Waals surface area contributed by atoms with Crippen LogP contribution >= 0.6 is 0 Å². The van der Waals surface area contributed by atoms with E-state index in [0.717, 1.165) is 33.5 Å². The van der Waals surface area contributed by atoms with E-state index in [4.69, 9.17) is 18.9 Å². The van der Waals surface area contributed by atoms with E-state index in [9.17, 15) is 9.59 Å². The summed E-state index contributed by atoms with van der Waals surface area (Å²) in [6.45, 7) is 5.78. The second-order valence-corrected chi connectivity index (χ2v) is 6.58. The van der Waals surface area contributed by atoms with Crippen molar-refractivity contribution < 1.29 is 28.5 Å². The number of benzene rings is 3. The Bertz CT molecular complexity index is 1060. The van der Waals surface area contributed by atoms with Crippen LogP contribution in [0.5, 0.6) is 11.5 Å². The van der Waals surface area contributed by atoms with E-state index in [1.807, 2.05) is 42.5 Å². The number of fused-ring (bicyclic) bond motifs is 2. The van der Waals surface area contributed by atoms with Crippen molar-refractivity contribution in [3.05, 3.63) is 48.0 Å². The van der Waals surface area contributed by atoms with Crippen molar-refractivity contribution in [2.75, 3.05) is 26.4 Å². The quantitative estimate of drug-likeness (QED) is 0.384. The molecule has 0 aliphatic carbocycles. The minimum atomic E-state index is -0.427. The van der Waals surface area contributed by atoms with Gasteiger partial charge in [-0.1, -0.05) is 49.4 Å². The molecule has 0 aliphatic rings. The highest BCUT2D eigenvalue weighted by Crippen LogP contribution is 2.44. The highest BCUT2D eigenvalue weighted by molar-refractivity contribution is 6.12. The molecule has 0 N–H and O–H groups in total. The molecule has 0 unspecified atom stereocenters. The number of hydrogen-bond donors (Lipinski definition) is 0.